The standard InChI is InChI=1S/C17H19N3O4S/c1-24-14-4-2-3-12-11(14)5-6-13-15(12)19-20-16(13)17(21)18-10-7-8-25(22,23)9-10/h2-4,10H,5-9H2,1H3,(H,18,21)(H,19,20)/t10-/m1/s1. The van der Waals surface area contributed by atoms with Crippen molar-refractivity contribution >= 4 is 15.7 Å². The number of hydrogen-bond donors (Lipinski definition) is 2. The molecule has 2 aromatic rings. The van der Waals surface area contributed by atoms with Crippen molar-refractivity contribution in [2.24, 2.45) is 0 Å². The van der Waals surface area contributed by atoms with Gasteiger partial charge in [-0.05, 0) is 25.3 Å². The molecule has 1 amide bonds. The van der Waals surface area contributed by atoms with Crippen LogP contribution in [0, 0.1) is 0 Å². The predicted molar refractivity (Wildman–Crippen MR) is 92.5 cm³/mol. The van der Waals surface area contributed by atoms with Crippen LogP contribution in [0.5, 0.6) is 5.75 Å². The van der Waals surface area contributed by atoms with Crippen LogP contribution in [0.1, 0.15) is 28.0 Å². The molecule has 0 spiro atoms. The van der Waals surface area contributed by atoms with Crippen LogP contribution in [0.4, 0.5) is 0 Å². The number of aromatic nitrogens is 2. The number of hydrogen-bond acceptors (Lipinski definition) is 5. The number of H-pyrrole nitrogens is 1. The highest BCUT2D eigenvalue weighted by Crippen LogP contribution is 2.38. The van der Waals surface area contributed by atoms with Gasteiger partial charge in [0, 0.05) is 22.7 Å². The third kappa shape index (κ3) is 2.80. The molecule has 1 aromatic heterocycles. The van der Waals surface area contributed by atoms with Gasteiger partial charge in [0.25, 0.3) is 5.91 Å². The molecule has 2 N–H and O–H groups in total. The van der Waals surface area contributed by atoms with Crippen LogP contribution in [0.25, 0.3) is 11.3 Å². The molecule has 132 valence electrons. The topological polar surface area (TPSA) is 101 Å². The zero-order chi connectivity index (χ0) is 17.6. The van der Waals surface area contributed by atoms with Crippen molar-refractivity contribution in [1.82, 2.24) is 15.5 Å². The lowest BCUT2D eigenvalue weighted by Gasteiger charge is -2.19. The van der Waals surface area contributed by atoms with Gasteiger partial charge in [0.2, 0.25) is 0 Å². The first-order valence-corrected chi connectivity index (χ1v) is 10.1. The van der Waals surface area contributed by atoms with Crippen LogP contribution in [0.2, 0.25) is 0 Å². The number of aromatic amines is 1. The van der Waals surface area contributed by atoms with Gasteiger partial charge in [0.1, 0.15) is 11.4 Å². The van der Waals surface area contributed by atoms with Crippen LogP contribution in [-0.4, -0.2) is 49.2 Å². The van der Waals surface area contributed by atoms with E-state index in [4.69, 9.17) is 4.74 Å². The number of amides is 1. The van der Waals surface area contributed by atoms with Crippen LogP contribution in [0.3, 0.4) is 0 Å². The number of nitrogens with one attached hydrogen (secondary N) is 2. The van der Waals surface area contributed by atoms with Crippen molar-refractivity contribution in [2.45, 2.75) is 25.3 Å². The Hall–Kier alpha value is -2.35. The van der Waals surface area contributed by atoms with Gasteiger partial charge in [-0.25, -0.2) is 8.42 Å². The Morgan fingerprint density at radius 1 is 1.32 bits per heavy atom. The Balaban J connectivity index is 1.62. The van der Waals surface area contributed by atoms with Crippen LogP contribution in [-0.2, 0) is 22.7 Å². The first-order valence-electron chi connectivity index (χ1n) is 8.23. The predicted octanol–water partition coefficient (Wildman–Crippen LogP) is 1.10. The summed E-state index contributed by atoms with van der Waals surface area (Å²) in [5.74, 6) is 0.678. The molecule has 0 saturated carbocycles. The van der Waals surface area contributed by atoms with E-state index in [1.807, 2.05) is 18.2 Å². The maximum absolute atomic E-state index is 12.6. The Labute approximate surface area is 145 Å². The lowest BCUT2D eigenvalue weighted by atomic mass is 9.88. The fourth-order valence-corrected chi connectivity index (χ4v) is 5.35. The number of ether oxygens (including phenoxy) is 1. The highest BCUT2D eigenvalue weighted by Gasteiger charge is 2.31. The van der Waals surface area contributed by atoms with Gasteiger partial charge >= 0.3 is 0 Å². The monoisotopic (exact) mass is 361 g/mol. The van der Waals surface area contributed by atoms with Gasteiger partial charge in [-0.3, -0.25) is 9.89 Å². The lowest BCUT2D eigenvalue weighted by Crippen LogP contribution is -2.36. The highest BCUT2D eigenvalue weighted by molar-refractivity contribution is 7.91. The highest BCUT2D eigenvalue weighted by atomic mass is 32.2. The summed E-state index contributed by atoms with van der Waals surface area (Å²) < 4.78 is 28.5. The summed E-state index contributed by atoms with van der Waals surface area (Å²) in [7, 11) is -1.39. The molecule has 1 fully saturated rings. The molecule has 0 radical (unpaired) electrons. The van der Waals surface area contributed by atoms with Gasteiger partial charge in [-0.1, -0.05) is 12.1 Å². The Kier molecular flexibility index (Phi) is 3.79. The van der Waals surface area contributed by atoms with Gasteiger partial charge in [0.05, 0.1) is 24.3 Å². The SMILES string of the molecule is COc1cccc2c1CCc1c-2n[nH]c1C(=O)N[C@@H]1CCS(=O)(=O)C1. The molecule has 7 nitrogen and oxygen atoms in total. The molecule has 25 heavy (non-hydrogen) atoms. The van der Waals surface area contributed by atoms with Crippen molar-refractivity contribution in [3.8, 4) is 17.0 Å². The number of rotatable bonds is 3. The largest absolute Gasteiger partial charge is 0.496 e. The van der Waals surface area contributed by atoms with E-state index in [2.05, 4.69) is 15.5 Å². The van der Waals surface area contributed by atoms with E-state index < -0.39 is 9.84 Å². The fraction of sp³-hybridized carbons (Fsp3) is 0.412. The second kappa shape index (κ2) is 5.87. The zero-order valence-corrected chi connectivity index (χ0v) is 14.6. The van der Waals surface area contributed by atoms with Crippen molar-refractivity contribution < 1.29 is 17.9 Å². The van der Waals surface area contributed by atoms with Crippen LogP contribution in [0.15, 0.2) is 18.2 Å². The summed E-state index contributed by atoms with van der Waals surface area (Å²) in [4.78, 5) is 12.6. The number of benzene rings is 1. The molecular weight excluding hydrogens is 342 g/mol. The Bertz CT molecular complexity index is 949. The normalized spacial score (nSPS) is 20.6. The number of carbonyl (C=O) groups excluding carboxylic acids is 1. The molecule has 2 heterocycles. The maximum Gasteiger partial charge on any atom is 0.269 e. The molecule has 2 aliphatic rings. The van der Waals surface area contributed by atoms with E-state index in [9.17, 15) is 13.2 Å². The molecule has 8 heteroatoms. The second-order valence-corrected chi connectivity index (χ2v) is 8.71. The fourth-order valence-electron chi connectivity index (χ4n) is 3.67. The summed E-state index contributed by atoms with van der Waals surface area (Å²) in [5.41, 5.74) is 4.13. The maximum atomic E-state index is 12.6. The van der Waals surface area contributed by atoms with Gasteiger partial charge in [-0.2, -0.15) is 5.10 Å². The van der Waals surface area contributed by atoms with Crippen molar-refractivity contribution in [3.63, 3.8) is 0 Å². The third-order valence-electron chi connectivity index (χ3n) is 4.89. The second-order valence-electron chi connectivity index (χ2n) is 6.49. The molecule has 1 saturated heterocycles. The molecule has 0 unspecified atom stereocenters. The quantitative estimate of drug-likeness (QED) is 0.853. The summed E-state index contributed by atoms with van der Waals surface area (Å²) in [6, 6.07) is 5.48. The summed E-state index contributed by atoms with van der Waals surface area (Å²) in [5, 5.41) is 9.99. The average Bonchev–Trinajstić information content (AvgIpc) is 3.17. The number of nitrogens with zero attached hydrogens (tertiary/aromatic N) is 1. The number of methoxy groups -OCH3 is 1. The Morgan fingerprint density at radius 2 is 2.12 bits per heavy atom. The summed E-state index contributed by atoms with van der Waals surface area (Å²) in [6.45, 7) is 0. The van der Waals surface area contributed by atoms with E-state index in [-0.39, 0.29) is 23.5 Å². The van der Waals surface area contributed by atoms with Gasteiger partial charge < -0.3 is 10.1 Å². The molecule has 1 aliphatic heterocycles. The molecule has 1 aromatic carbocycles. The molecular formula is C17H19N3O4S. The van der Waals surface area contributed by atoms with Crippen molar-refractivity contribution in [2.75, 3.05) is 18.6 Å². The first-order chi connectivity index (χ1) is 12.0. The van der Waals surface area contributed by atoms with Gasteiger partial charge in [-0.15, -0.1) is 0 Å². The Morgan fingerprint density at radius 3 is 2.84 bits per heavy atom. The zero-order valence-electron chi connectivity index (χ0n) is 13.8. The van der Waals surface area contributed by atoms with E-state index >= 15 is 0 Å². The van der Waals surface area contributed by atoms with E-state index in [1.54, 1.807) is 7.11 Å². The minimum absolute atomic E-state index is 0.00903. The molecule has 1 aliphatic carbocycles. The molecule has 0 bridgehead atoms. The minimum Gasteiger partial charge on any atom is -0.496 e. The minimum atomic E-state index is -3.03. The number of sulfone groups is 1. The smallest absolute Gasteiger partial charge is 0.269 e. The van der Waals surface area contributed by atoms with Crippen LogP contribution < -0.4 is 10.1 Å². The van der Waals surface area contributed by atoms with E-state index in [1.165, 1.54) is 0 Å². The van der Waals surface area contributed by atoms with Crippen LogP contribution >= 0.6 is 0 Å². The average molecular weight is 361 g/mol. The summed E-state index contributed by atoms with van der Waals surface area (Å²) in [6.07, 6.45) is 1.92. The third-order valence-corrected chi connectivity index (χ3v) is 6.66. The van der Waals surface area contributed by atoms with Gasteiger partial charge in [0.15, 0.2) is 9.84 Å². The van der Waals surface area contributed by atoms with E-state index in [0.717, 1.165) is 34.6 Å². The molecule has 1 atom stereocenters. The van der Waals surface area contributed by atoms with Crippen molar-refractivity contribution in [3.05, 3.63) is 35.0 Å². The summed E-state index contributed by atoms with van der Waals surface area (Å²) >= 11 is 0. The molecule has 4 rings (SSSR count). The van der Waals surface area contributed by atoms with E-state index in [0.29, 0.717) is 18.5 Å². The first kappa shape index (κ1) is 16.1. The van der Waals surface area contributed by atoms with Crippen molar-refractivity contribution in [1.29, 1.82) is 0 Å². The number of fused-ring (bicyclic) bond motifs is 3. The lowest BCUT2D eigenvalue weighted by molar-refractivity contribution is 0.0935. The number of carbonyl (C=O) groups is 1.